The Morgan fingerprint density at radius 3 is 3.00 bits per heavy atom. The molecule has 0 radical (unpaired) electrons. The van der Waals surface area contributed by atoms with E-state index in [1.807, 2.05) is 0 Å². The van der Waals surface area contributed by atoms with E-state index < -0.39 is 0 Å². The zero-order valence-electron chi connectivity index (χ0n) is 6.35. The van der Waals surface area contributed by atoms with Crippen LogP contribution in [-0.2, 0) is 4.79 Å². The third kappa shape index (κ3) is 2.42. The van der Waals surface area contributed by atoms with E-state index in [9.17, 15) is 4.79 Å². The molecule has 0 fully saturated rings. The smallest absolute Gasteiger partial charge is 0.221 e. The van der Waals surface area contributed by atoms with Crippen LogP contribution in [0.1, 0.15) is 6.92 Å². The van der Waals surface area contributed by atoms with Gasteiger partial charge in [0.25, 0.3) is 0 Å². The van der Waals surface area contributed by atoms with Crippen LogP contribution in [0.15, 0.2) is 16.7 Å². The van der Waals surface area contributed by atoms with Crippen molar-refractivity contribution in [3.8, 4) is 0 Å². The number of hydrogen-bond acceptors (Lipinski definition) is 2. The minimum atomic E-state index is -0.132. The zero-order chi connectivity index (χ0) is 9.14. The van der Waals surface area contributed by atoms with Crippen molar-refractivity contribution in [2.24, 2.45) is 0 Å². The van der Waals surface area contributed by atoms with Gasteiger partial charge in [0.15, 0.2) is 0 Å². The van der Waals surface area contributed by atoms with Gasteiger partial charge in [0.05, 0.1) is 5.69 Å². The Morgan fingerprint density at radius 1 is 1.75 bits per heavy atom. The minimum Gasteiger partial charge on any atom is -0.350 e. The Labute approximate surface area is 83.3 Å². The normalized spacial score (nSPS) is 9.50. The SMILES string of the molecule is CC(=O)Nc1cc(Br)c[nH]c1=S. The van der Waals surface area contributed by atoms with Gasteiger partial charge in [0, 0.05) is 17.6 Å². The number of carbonyl (C=O) groups excluding carboxylic acids is 1. The molecule has 0 saturated carbocycles. The highest BCUT2D eigenvalue weighted by atomic mass is 79.9. The van der Waals surface area contributed by atoms with E-state index in [1.165, 1.54) is 6.92 Å². The van der Waals surface area contributed by atoms with Crippen LogP contribution in [0.5, 0.6) is 0 Å². The van der Waals surface area contributed by atoms with E-state index in [0.29, 0.717) is 10.3 Å². The van der Waals surface area contributed by atoms with Crippen molar-refractivity contribution in [2.75, 3.05) is 5.32 Å². The Balaban J connectivity index is 3.06. The van der Waals surface area contributed by atoms with Crippen LogP contribution in [0.4, 0.5) is 5.69 Å². The first-order valence-corrected chi connectivity index (χ1v) is 4.45. The molecule has 0 spiro atoms. The van der Waals surface area contributed by atoms with Crippen LogP contribution in [-0.4, -0.2) is 10.9 Å². The first kappa shape index (κ1) is 9.41. The van der Waals surface area contributed by atoms with Crippen molar-refractivity contribution in [3.63, 3.8) is 0 Å². The Bertz CT molecular complexity index is 361. The first-order valence-electron chi connectivity index (χ1n) is 3.25. The number of aromatic amines is 1. The van der Waals surface area contributed by atoms with Crippen LogP contribution < -0.4 is 5.32 Å². The number of halogens is 1. The number of anilines is 1. The van der Waals surface area contributed by atoms with Crippen LogP contribution in [0.2, 0.25) is 0 Å². The molecule has 1 heterocycles. The van der Waals surface area contributed by atoms with E-state index in [1.54, 1.807) is 12.3 Å². The summed E-state index contributed by atoms with van der Waals surface area (Å²) in [4.78, 5) is 13.5. The summed E-state index contributed by atoms with van der Waals surface area (Å²) in [6, 6.07) is 1.75. The van der Waals surface area contributed by atoms with Gasteiger partial charge in [-0.3, -0.25) is 4.79 Å². The molecule has 1 aromatic heterocycles. The minimum absolute atomic E-state index is 0.132. The molecule has 0 saturated heterocycles. The van der Waals surface area contributed by atoms with Crippen LogP contribution in [0.25, 0.3) is 0 Å². The lowest BCUT2D eigenvalue weighted by Gasteiger charge is -2.01. The van der Waals surface area contributed by atoms with Gasteiger partial charge in [-0.25, -0.2) is 0 Å². The Hall–Kier alpha value is -0.680. The fourth-order valence-electron chi connectivity index (χ4n) is 0.740. The van der Waals surface area contributed by atoms with Gasteiger partial charge in [-0.05, 0) is 22.0 Å². The lowest BCUT2D eigenvalue weighted by Crippen LogP contribution is -2.06. The zero-order valence-corrected chi connectivity index (χ0v) is 8.75. The van der Waals surface area contributed by atoms with E-state index in [0.717, 1.165) is 4.47 Å². The maximum Gasteiger partial charge on any atom is 0.221 e. The number of pyridine rings is 1. The van der Waals surface area contributed by atoms with E-state index in [4.69, 9.17) is 12.2 Å². The second-order valence-corrected chi connectivity index (χ2v) is 3.57. The van der Waals surface area contributed by atoms with Gasteiger partial charge < -0.3 is 10.3 Å². The Kier molecular flexibility index (Phi) is 2.99. The van der Waals surface area contributed by atoms with Crippen LogP contribution >= 0.6 is 28.1 Å². The van der Waals surface area contributed by atoms with Gasteiger partial charge in [0.1, 0.15) is 4.64 Å². The molecular weight excluding hydrogens is 240 g/mol. The predicted octanol–water partition coefficient (Wildman–Crippen LogP) is 2.47. The van der Waals surface area contributed by atoms with Gasteiger partial charge in [-0.2, -0.15) is 0 Å². The number of H-pyrrole nitrogens is 1. The molecule has 0 atom stereocenters. The number of rotatable bonds is 1. The highest BCUT2D eigenvalue weighted by Crippen LogP contribution is 2.15. The van der Waals surface area contributed by atoms with Crippen molar-refractivity contribution in [3.05, 3.63) is 21.4 Å². The third-order valence-electron chi connectivity index (χ3n) is 1.18. The third-order valence-corrected chi connectivity index (χ3v) is 1.97. The average molecular weight is 247 g/mol. The monoisotopic (exact) mass is 246 g/mol. The molecule has 1 amide bonds. The van der Waals surface area contributed by atoms with Gasteiger partial charge in [0.2, 0.25) is 5.91 Å². The molecule has 0 aromatic carbocycles. The summed E-state index contributed by atoms with van der Waals surface area (Å²) in [5.74, 6) is -0.132. The summed E-state index contributed by atoms with van der Waals surface area (Å²) >= 11 is 8.20. The van der Waals surface area contributed by atoms with Crippen molar-refractivity contribution in [1.82, 2.24) is 4.98 Å². The summed E-state index contributed by atoms with van der Waals surface area (Å²) in [5.41, 5.74) is 0.617. The van der Waals surface area contributed by atoms with E-state index in [2.05, 4.69) is 26.2 Å². The highest BCUT2D eigenvalue weighted by Gasteiger charge is 1.98. The number of nitrogens with one attached hydrogen (secondary N) is 2. The second-order valence-electron chi connectivity index (χ2n) is 2.24. The molecule has 5 heteroatoms. The van der Waals surface area contributed by atoms with Gasteiger partial charge in [-0.1, -0.05) is 12.2 Å². The van der Waals surface area contributed by atoms with Crippen LogP contribution in [0, 0.1) is 4.64 Å². The quantitative estimate of drug-likeness (QED) is 0.749. The van der Waals surface area contributed by atoms with Gasteiger partial charge in [-0.15, -0.1) is 0 Å². The van der Waals surface area contributed by atoms with Crippen molar-refractivity contribution in [1.29, 1.82) is 0 Å². The maximum atomic E-state index is 10.7. The number of amides is 1. The lowest BCUT2D eigenvalue weighted by molar-refractivity contribution is -0.114. The Morgan fingerprint density at radius 2 is 2.42 bits per heavy atom. The molecule has 0 bridgehead atoms. The topological polar surface area (TPSA) is 44.9 Å². The summed E-state index contributed by atoms with van der Waals surface area (Å²) in [6.07, 6.45) is 1.72. The fraction of sp³-hybridized carbons (Fsp3) is 0.143. The lowest BCUT2D eigenvalue weighted by atomic mass is 10.4. The molecular formula is C7H7BrN2OS. The molecule has 0 aliphatic carbocycles. The molecule has 64 valence electrons. The molecule has 0 unspecified atom stereocenters. The highest BCUT2D eigenvalue weighted by molar-refractivity contribution is 9.10. The first-order chi connectivity index (χ1) is 5.59. The largest absolute Gasteiger partial charge is 0.350 e. The predicted molar refractivity (Wildman–Crippen MR) is 53.6 cm³/mol. The van der Waals surface area contributed by atoms with E-state index in [-0.39, 0.29) is 5.91 Å². The number of carbonyl (C=O) groups is 1. The second kappa shape index (κ2) is 3.82. The van der Waals surface area contributed by atoms with Gasteiger partial charge >= 0.3 is 0 Å². The standard InChI is InChI=1S/C7H7BrN2OS/c1-4(11)10-6-2-5(8)3-9-7(6)12/h2-3H,1H3,(H,9,12)(H,10,11). The molecule has 0 aliphatic rings. The molecule has 3 nitrogen and oxygen atoms in total. The fourth-order valence-corrected chi connectivity index (χ4v) is 1.25. The summed E-state index contributed by atoms with van der Waals surface area (Å²) in [7, 11) is 0. The van der Waals surface area contributed by atoms with Crippen LogP contribution in [0.3, 0.4) is 0 Å². The molecule has 12 heavy (non-hydrogen) atoms. The van der Waals surface area contributed by atoms with E-state index >= 15 is 0 Å². The van der Waals surface area contributed by atoms with Crippen molar-refractivity contribution in [2.45, 2.75) is 6.92 Å². The molecule has 1 rings (SSSR count). The van der Waals surface area contributed by atoms with Crippen molar-refractivity contribution < 1.29 is 4.79 Å². The summed E-state index contributed by atoms with van der Waals surface area (Å²) < 4.78 is 1.37. The maximum absolute atomic E-state index is 10.7. The molecule has 1 aromatic rings. The molecule has 0 aliphatic heterocycles. The summed E-state index contributed by atoms with van der Waals surface area (Å²) in [5, 5.41) is 2.61. The summed E-state index contributed by atoms with van der Waals surface area (Å²) in [6.45, 7) is 1.44. The number of hydrogen-bond donors (Lipinski definition) is 2. The molecule has 2 N–H and O–H groups in total. The number of aromatic nitrogens is 1. The average Bonchev–Trinajstić information content (AvgIpc) is 1.96. The van der Waals surface area contributed by atoms with Crippen molar-refractivity contribution >= 4 is 39.7 Å².